The second kappa shape index (κ2) is 7.88. The van der Waals surface area contributed by atoms with Gasteiger partial charge in [-0.25, -0.2) is 0 Å². The van der Waals surface area contributed by atoms with Crippen molar-refractivity contribution in [3.63, 3.8) is 0 Å². The van der Waals surface area contributed by atoms with Crippen molar-refractivity contribution < 1.29 is 4.79 Å². The molecule has 3 heterocycles. The molecule has 0 aromatic carbocycles. The van der Waals surface area contributed by atoms with Crippen LogP contribution in [0, 0.1) is 0 Å². The Bertz CT molecular complexity index is 499. The molecular formula is C18H28N4O. The number of rotatable bonds is 4. The van der Waals surface area contributed by atoms with Crippen molar-refractivity contribution in [2.24, 2.45) is 0 Å². The number of likely N-dealkylation sites (tertiary alicyclic amines) is 1. The molecule has 0 radical (unpaired) electrons. The summed E-state index contributed by atoms with van der Waals surface area (Å²) in [6.45, 7) is 8.83. The molecule has 1 amide bonds. The van der Waals surface area contributed by atoms with Crippen molar-refractivity contribution in [3.8, 4) is 0 Å². The standard InChI is InChI=1S/C18H28N4O/c1-2-21-10-4-3-5-17(21)18(23)22-13-11-20(12-14-22)15-16-6-8-19-9-7-16/h6-9,17H,2-5,10-15H2,1H3. The second-order valence-corrected chi connectivity index (χ2v) is 6.60. The fraction of sp³-hybridized carbons (Fsp3) is 0.667. The molecule has 1 atom stereocenters. The Morgan fingerprint density at radius 1 is 1.13 bits per heavy atom. The molecule has 5 heteroatoms. The van der Waals surface area contributed by atoms with Crippen LogP contribution < -0.4 is 0 Å². The third-order valence-electron chi connectivity index (χ3n) is 5.14. The van der Waals surface area contributed by atoms with E-state index in [0.29, 0.717) is 5.91 Å². The normalized spacial score (nSPS) is 23.9. The monoisotopic (exact) mass is 316 g/mol. The summed E-state index contributed by atoms with van der Waals surface area (Å²) in [5.74, 6) is 0.357. The summed E-state index contributed by atoms with van der Waals surface area (Å²) in [4.78, 5) is 23.8. The third-order valence-corrected chi connectivity index (χ3v) is 5.14. The zero-order chi connectivity index (χ0) is 16.1. The predicted molar refractivity (Wildman–Crippen MR) is 91.0 cm³/mol. The van der Waals surface area contributed by atoms with Gasteiger partial charge in [-0.05, 0) is 43.6 Å². The van der Waals surface area contributed by atoms with Crippen molar-refractivity contribution in [2.75, 3.05) is 39.3 Å². The quantitative estimate of drug-likeness (QED) is 0.846. The van der Waals surface area contributed by atoms with E-state index in [0.717, 1.165) is 52.2 Å². The highest BCUT2D eigenvalue weighted by molar-refractivity contribution is 5.82. The number of carbonyl (C=O) groups excluding carboxylic acids is 1. The Morgan fingerprint density at radius 3 is 2.57 bits per heavy atom. The van der Waals surface area contributed by atoms with Crippen LogP contribution in [-0.2, 0) is 11.3 Å². The lowest BCUT2D eigenvalue weighted by molar-refractivity contribution is -0.140. The van der Waals surface area contributed by atoms with Crippen LogP contribution in [0.2, 0.25) is 0 Å². The molecule has 2 aliphatic rings. The molecule has 0 bridgehead atoms. The lowest BCUT2D eigenvalue weighted by Crippen LogP contribution is -2.55. The summed E-state index contributed by atoms with van der Waals surface area (Å²) in [5, 5.41) is 0. The fourth-order valence-electron chi connectivity index (χ4n) is 3.73. The Morgan fingerprint density at radius 2 is 1.87 bits per heavy atom. The predicted octanol–water partition coefficient (Wildman–Crippen LogP) is 1.60. The molecule has 2 fully saturated rings. The average molecular weight is 316 g/mol. The SMILES string of the molecule is CCN1CCCCC1C(=O)N1CCN(Cc2ccncc2)CC1. The number of amides is 1. The van der Waals surface area contributed by atoms with Crippen molar-refractivity contribution in [1.29, 1.82) is 0 Å². The Balaban J connectivity index is 1.51. The highest BCUT2D eigenvalue weighted by Crippen LogP contribution is 2.19. The molecule has 2 saturated heterocycles. The zero-order valence-electron chi connectivity index (χ0n) is 14.2. The molecule has 1 unspecified atom stereocenters. The van der Waals surface area contributed by atoms with E-state index >= 15 is 0 Å². The van der Waals surface area contributed by atoms with Crippen LogP contribution in [0.1, 0.15) is 31.7 Å². The molecule has 0 aliphatic carbocycles. The maximum Gasteiger partial charge on any atom is 0.240 e. The van der Waals surface area contributed by atoms with Crippen LogP contribution in [0.25, 0.3) is 0 Å². The summed E-state index contributed by atoms with van der Waals surface area (Å²) < 4.78 is 0. The van der Waals surface area contributed by atoms with Gasteiger partial charge in [0.1, 0.15) is 0 Å². The van der Waals surface area contributed by atoms with E-state index < -0.39 is 0 Å². The summed E-state index contributed by atoms with van der Waals surface area (Å²) in [5.41, 5.74) is 1.30. The smallest absolute Gasteiger partial charge is 0.240 e. The molecule has 23 heavy (non-hydrogen) atoms. The van der Waals surface area contributed by atoms with Crippen LogP contribution in [-0.4, -0.2) is 70.9 Å². The molecule has 0 saturated carbocycles. The first-order valence-electron chi connectivity index (χ1n) is 8.92. The molecule has 2 aliphatic heterocycles. The molecule has 0 spiro atoms. The molecule has 1 aromatic rings. The van der Waals surface area contributed by atoms with Gasteiger partial charge in [0.05, 0.1) is 6.04 Å². The van der Waals surface area contributed by atoms with Gasteiger partial charge in [0, 0.05) is 45.1 Å². The summed E-state index contributed by atoms with van der Waals surface area (Å²) >= 11 is 0. The number of carbonyl (C=O) groups is 1. The first-order chi connectivity index (χ1) is 11.3. The average Bonchev–Trinajstić information content (AvgIpc) is 2.62. The molecule has 5 nitrogen and oxygen atoms in total. The van der Waals surface area contributed by atoms with Crippen molar-refractivity contribution in [2.45, 2.75) is 38.8 Å². The topological polar surface area (TPSA) is 39.7 Å². The van der Waals surface area contributed by atoms with E-state index in [-0.39, 0.29) is 6.04 Å². The maximum absolute atomic E-state index is 12.8. The summed E-state index contributed by atoms with van der Waals surface area (Å²) in [6, 6.07) is 4.26. The van der Waals surface area contributed by atoms with Gasteiger partial charge < -0.3 is 4.90 Å². The number of piperazine rings is 1. The number of hydrogen-bond acceptors (Lipinski definition) is 4. The minimum atomic E-state index is 0.125. The van der Waals surface area contributed by atoms with Crippen LogP contribution in [0.3, 0.4) is 0 Å². The minimum absolute atomic E-state index is 0.125. The van der Waals surface area contributed by atoms with Crippen LogP contribution in [0.4, 0.5) is 0 Å². The number of likely N-dealkylation sites (N-methyl/N-ethyl adjacent to an activating group) is 1. The van der Waals surface area contributed by atoms with Gasteiger partial charge in [0.15, 0.2) is 0 Å². The van der Waals surface area contributed by atoms with Gasteiger partial charge in [0.2, 0.25) is 5.91 Å². The third kappa shape index (κ3) is 4.09. The van der Waals surface area contributed by atoms with Gasteiger partial charge in [-0.1, -0.05) is 13.3 Å². The van der Waals surface area contributed by atoms with E-state index in [2.05, 4.69) is 38.7 Å². The highest BCUT2D eigenvalue weighted by Gasteiger charge is 2.32. The Hall–Kier alpha value is -1.46. The fourth-order valence-corrected chi connectivity index (χ4v) is 3.73. The van der Waals surface area contributed by atoms with Gasteiger partial charge in [-0.15, -0.1) is 0 Å². The van der Waals surface area contributed by atoms with E-state index in [1.807, 2.05) is 12.4 Å². The molecular weight excluding hydrogens is 288 g/mol. The van der Waals surface area contributed by atoms with Gasteiger partial charge in [-0.2, -0.15) is 0 Å². The number of piperidine rings is 1. The number of aromatic nitrogens is 1. The molecule has 0 N–H and O–H groups in total. The van der Waals surface area contributed by atoms with E-state index in [9.17, 15) is 4.79 Å². The van der Waals surface area contributed by atoms with Crippen molar-refractivity contribution >= 4 is 5.91 Å². The number of nitrogens with zero attached hydrogens (tertiary/aromatic N) is 4. The largest absolute Gasteiger partial charge is 0.339 e. The van der Waals surface area contributed by atoms with Crippen LogP contribution in [0.5, 0.6) is 0 Å². The number of pyridine rings is 1. The second-order valence-electron chi connectivity index (χ2n) is 6.60. The zero-order valence-corrected chi connectivity index (χ0v) is 14.2. The van der Waals surface area contributed by atoms with Gasteiger partial charge in [0.25, 0.3) is 0 Å². The maximum atomic E-state index is 12.8. The summed E-state index contributed by atoms with van der Waals surface area (Å²) in [7, 11) is 0. The first kappa shape index (κ1) is 16.4. The van der Waals surface area contributed by atoms with E-state index in [1.165, 1.54) is 18.4 Å². The van der Waals surface area contributed by atoms with Crippen molar-refractivity contribution in [3.05, 3.63) is 30.1 Å². The minimum Gasteiger partial charge on any atom is -0.339 e. The molecule has 3 rings (SSSR count). The van der Waals surface area contributed by atoms with E-state index in [4.69, 9.17) is 0 Å². The highest BCUT2D eigenvalue weighted by atomic mass is 16.2. The lowest BCUT2D eigenvalue weighted by Gasteiger charge is -2.40. The molecule has 126 valence electrons. The van der Waals surface area contributed by atoms with Gasteiger partial charge in [-0.3, -0.25) is 19.6 Å². The van der Waals surface area contributed by atoms with Gasteiger partial charge >= 0.3 is 0 Å². The first-order valence-corrected chi connectivity index (χ1v) is 8.92. The van der Waals surface area contributed by atoms with E-state index in [1.54, 1.807) is 0 Å². The molecule has 1 aromatic heterocycles. The Kier molecular flexibility index (Phi) is 5.62. The number of hydrogen-bond donors (Lipinski definition) is 0. The van der Waals surface area contributed by atoms with Crippen LogP contribution in [0.15, 0.2) is 24.5 Å². The Labute approximate surface area is 139 Å². The van der Waals surface area contributed by atoms with Crippen molar-refractivity contribution in [1.82, 2.24) is 19.7 Å². The van der Waals surface area contributed by atoms with Crippen LogP contribution >= 0.6 is 0 Å². The summed E-state index contributed by atoms with van der Waals surface area (Å²) in [6.07, 6.45) is 7.14. The lowest BCUT2D eigenvalue weighted by atomic mass is 10.0.